The lowest BCUT2D eigenvalue weighted by Crippen LogP contribution is -2.22. The second-order valence-electron chi connectivity index (χ2n) is 4.72. The number of nitrogens with one attached hydrogen (secondary N) is 1. The predicted octanol–water partition coefficient (Wildman–Crippen LogP) is 2.26. The van der Waals surface area contributed by atoms with Gasteiger partial charge in [0.05, 0.1) is 6.61 Å². The van der Waals surface area contributed by atoms with E-state index in [2.05, 4.69) is 48.5 Å². The molecular weight excluding hydrogens is 224 g/mol. The second kappa shape index (κ2) is 9.09. The highest BCUT2D eigenvalue weighted by Crippen LogP contribution is 2.06. The molecule has 0 saturated carbocycles. The molecule has 0 aliphatic carbocycles. The van der Waals surface area contributed by atoms with Gasteiger partial charge in [-0.15, -0.1) is 0 Å². The zero-order valence-corrected chi connectivity index (χ0v) is 11.9. The fourth-order valence-corrected chi connectivity index (χ4v) is 1.81. The number of hydrogen-bond acceptors (Lipinski definition) is 3. The van der Waals surface area contributed by atoms with E-state index in [1.807, 2.05) is 0 Å². The van der Waals surface area contributed by atoms with Crippen LogP contribution in [0.4, 0.5) is 0 Å². The van der Waals surface area contributed by atoms with Crippen molar-refractivity contribution in [2.45, 2.75) is 26.4 Å². The van der Waals surface area contributed by atoms with Crippen LogP contribution in [0.3, 0.4) is 0 Å². The molecule has 0 fully saturated rings. The molecule has 0 aliphatic heterocycles. The van der Waals surface area contributed by atoms with E-state index in [0.29, 0.717) is 0 Å². The molecule has 3 heteroatoms. The third-order valence-electron chi connectivity index (χ3n) is 2.91. The lowest BCUT2D eigenvalue weighted by Gasteiger charge is -2.16. The summed E-state index contributed by atoms with van der Waals surface area (Å²) < 4.78 is 5.07. The number of nitrogens with zero attached hydrogens (tertiary/aromatic N) is 1. The minimum atomic E-state index is 0.787. The van der Waals surface area contributed by atoms with Crippen LogP contribution in [0, 0.1) is 0 Å². The van der Waals surface area contributed by atoms with E-state index in [0.717, 1.165) is 32.8 Å². The summed E-state index contributed by atoms with van der Waals surface area (Å²) in [6.07, 6.45) is 1.18. The molecule has 1 N–H and O–H groups in total. The van der Waals surface area contributed by atoms with Crippen LogP contribution >= 0.6 is 0 Å². The zero-order chi connectivity index (χ0) is 13.2. The van der Waals surface area contributed by atoms with E-state index in [1.165, 1.54) is 17.5 Å². The molecule has 0 bridgehead atoms. The quantitative estimate of drug-likeness (QED) is 0.680. The average molecular weight is 250 g/mol. The van der Waals surface area contributed by atoms with Gasteiger partial charge in [-0.3, -0.25) is 4.90 Å². The van der Waals surface area contributed by atoms with Crippen molar-refractivity contribution in [2.24, 2.45) is 0 Å². The molecule has 0 spiro atoms. The van der Waals surface area contributed by atoms with Crippen molar-refractivity contribution in [3.05, 3.63) is 35.4 Å². The molecule has 0 amide bonds. The van der Waals surface area contributed by atoms with Gasteiger partial charge in [-0.1, -0.05) is 31.2 Å². The molecule has 0 saturated heterocycles. The topological polar surface area (TPSA) is 24.5 Å². The van der Waals surface area contributed by atoms with E-state index < -0.39 is 0 Å². The van der Waals surface area contributed by atoms with Crippen molar-refractivity contribution < 1.29 is 4.74 Å². The van der Waals surface area contributed by atoms with Gasteiger partial charge in [0, 0.05) is 26.7 Å². The summed E-state index contributed by atoms with van der Waals surface area (Å²) in [5.74, 6) is 0. The van der Waals surface area contributed by atoms with Crippen LogP contribution in [0.1, 0.15) is 24.5 Å². The predicted molar refractivity (Wildman–Crippen MR) is 76.6 cm³/mol. The SMILES string of the molecule is CCCNCc1ccc(CN(C)CCOC)cc1. The monoisotopic (exact) mass is 250 g/mol. The van der Waals surface area contributed by atoms with E-state index >= 15 is 0 Å². The van der Waals surface area contributed by atoms with Gasteiger partial charge in [-0.05, 0) is 31.1 Å². The summed E-state index contributed by atoms with van der Waals surface area (Å²) in [6, 6.07) is 8.85. The Morgan fingerprint density at radius 2 is 1.83 bits per heavy atom. The van der Waals surface area contributed by atoms with Crippen LogP contribution in [0.5, 0.6) is 0 Å². The maximum Gasteiger partial charge on any atom is 0.0589 e. The Morgan fingerprint density at radius 1 is 1.17 bits per heavy atom. The molecule has 0 heterocycles. The molecule has 1 rings (SSSR count). The molecule has 18 heavy (non-hydrogen) atoms. The largest absolute Gasteiger partial charge is 0.383 e. The summed E-state index contributed by atoms with van der Waals surface area (Å²) in [6.45, 7) is 6.97. The highest BCUT2D eigenvalue weighted by Gasteiger charge is 2.00. The number of methoxy groups -OCH3 is 1. The molecule has 0 radical (unpaired) electrons. The molecule has 3 nitrogen and oxygen atoms in total. The number of hydrogen-bond donors (Lipinski definition) is 1. The maximum absolute atomic E-state index is 5.07. The minimum Gasteiger partial charge on any atom is -0.383 e. The summed E-state index contributed by atoms with van der Waals surface area (Å²) >= 11 is 0. The molecule has 102 valence electrons. The Morgan fingerprint density at radius 3 is 2.44 bits per heavy atom. The lowest BCUT2D eigenvalue weighted by molar-refractivity contribution is 0.158. The van der Waals surface area contributed by atoms with Gasteiger partial charge in [-0.2, -0.15) is 0 Å². The van der Waals surface area contributed by atoms with Crippen molar-refractivity contribution in [3.63, 3.8) is 0 Å². The molecule has 0 aliphatic rings. The first-order valence-corrected chi connectivity index (χ1v) is 6.72. The van der Waals surface area contributed by atoms with Crippen LogP contribution in [-0.4, -0.2) is 38.8 Å². The van der Waals surface area contributed by atoms with Gasteiger partial charge in [0.1, 0.15) is 0 Å². The Labute approximate surface area is 111 Å². The average Bonchev–Trinajstić information content (AvgIpc) is 2.39. The highest BCUT2D eigenvalue weighted by atomic mass is 16.5. The van der Waals surface area contributed by atoms with E-state index in [-0.39, 0.29) is 0 Å². The minimum absolute atomic E-state index is 0.787. The molecule has 1 aromatic rings. The Balaban J connectivity index is 2.35. The summed E-state index contributed by atoms with van der Waals surface area (Å²) in [4.78, 5) is 2.27. The van der Waals surface area contributed by atoms with E-state index in [4.69, 9.17) is 4.74 Å². The van der Waals surface area contributed by atoms with Gasteiger partial charge in [0.25, 0.3) is 0 Å². The Hall–Kier alpha value is -0.900. The first kappa shape index (κ1) is 15.2. The molecule has 0 atom stereocenters. The summed E-state index contributed by atoms with van der Waals surface area (Å²) in [7, 11) is 3.86. The first-order chi connectivity index (χ1) is 8.76. The zero-order valence-electron chi connectivity index (χ0n) is 11.9. The van der Waals surface area contributed by atoms with Gasteiger partial charge in [0.15, 0.2) is 0 Å². The standard InChI is InChI=1S/C15H26N2O/c1-4-9-16-12-14-5-7-15(8-6-14)13-17(2)10-11-18-3/h5-8,16H,4,9-13H2,1-3H3. The number of likely N-dealkylation sites (N-methyl/N-ethyl adjacent to an activating group) is 1. The van der Waals surface area contributed by atoms with Gasteiger partial charge < -0.3 is 10.1 Å². The normalized spacial score (nSPS) is 11.1. The van der Waals surface area contributed by atoms with E-state index in [9.17, 15) is 0 Å². The van der Waals surface area contributed by atoms with Crippen LogP contribution in [0.2, 0.25) is 0 Å². The highest BCUT2D eigenvalue weighted by molar-refractivity contribution is 5.22. The van der Waals surface area contributed by atoms with Crippen LogP contribution in [-0.2, 0) is 17.8 Å². The first-order valence-electron chi connectivity index (χ1n) is 6.72. The van der Waals surface area contributed by atoms with Crippen molar-refractivity contribution in [1.29, 1.82) is 0 Å². The van der Waals surface area contributed by atoms with Crippen molar-refractivity contribution in [3.8, 4) is 0 Å². The summed E-state index contributed by atoms with van der Waals surface area (Å²) in [5.41, 5.74) is 2.71. The third-order valence-corrected chi connectivity index (χ3v) is 2.91. The fourth-order valence-electron chi connectivity index (χ4n) is 1.81. The van der Waals surface area contributed by atoms with Crippen molar-refractivity contribution in [1.82, 2.24) is 10.2 Å². The van der Waals surface area contributed by atoms with E-state index in [1.54, 1.807) is 7.11 Å². The van der Waals surface area contributed by atoms with Crippen LogP contribution < -0.4 is 5.32 Å². The number of rotatable bonds is 9. The number of benzene rings is 1. The summed E-state index contributed by atoms with van der Waals surface area (Å²) in [5, 5.41) is 3.41. The Bertz CT molecular complexity index is 311. The third kappa shape index (κ3) is 6.15. The lowest BCUT2D eigenvalue weighted by atomic mass is 10.1. The molecular formula is C15H26N2O. The maximum atomic E-state index is 5.07. The molecule has 0 aromatic heterocycles. The molecule has 1 aromatic carbocycles. The van der Waals surface area contributed by atoms with Gasteiger partial charge in [0.2, 0.25) is 0 Å². The second-order valence-corrected chi connectivity index (χ2v) is 4.72. The van der Waals surface area contributed by atoms with Crippen molar-refractivity contribution >= 4 is 0 Å². The van der Waals surface area contributed by atoms with Crippen LogP contribution in [0.25, 0.3) is 0 Å². The molecule has 0 unspecified atom stereocenters. The number of ether oxygens (including phenoxy) is 1. The van der Waals surface area contributed by atoms with Crippen molar-refractivity contribution in [2.75, 3.05) is 33.9 Å². The van der Waals surface area contributed by atoms with Gasteiger partial charge >= 0.3 is 0 Å². The van der Waals surface area contributed by atoms with Crippen LogP contribution in [0.15, 0.2) is 24.3 Å². The smallest absolute Gasteiger partial charge is 0.0589 e. The fraction of sp³-hybridized carbons (Fsp3) is 0.600. The Kier molecular flexibility index (Phi) is 7.65. The van der Waals surface area contributed by atoms with Gasteiger partial charge in [-0.25, -0.2) is 0 Å².